The van der Waals surface area contributed by atoms with Gasteiger partial charge >= 0.3 is 0 Å². The molecule has 156 valence electrons. The highest BCUT2D eigenvalue weighted by atomic mass is 16.5. The second-order valence-electron chi connectivity index (χ2n) is 7.48. The SMILES string of the molecule is CCC1CN(C(=O)c2ccccc2)CCN1C(=O)C(=O)C1=CNC2C1=CC=CN2O. The van der Waals surface area contributed by atoms with Gasteiger partial charge in [-0.25, -0.2) is 5.06 Å². The molecule has 0 bridgehead atoms. The van der Waals surface area contributed by atoms with Crippen molar-refractivity contribution < 1.29 is 19.6 Å². The first-order valence-corrected chi connectivity index (χ1v) is 10.0. The number of hydrogen-bond acceptors (Lipinski definition) is 6. The van der Waals surface area contributed by atoms with Crippen LogP contribution in [0.15, 0.2) is 66.0 Å². The summed E-state index contributed by atoms with van der Waals surface area (Å²) in [5.41, 5.74) is 1.43. The van der Waals surface area contributed by atoms with Crippen LogP contribution in [-0.2, 0) is 9.59 Å². The minimum atomic E-state index is -0.610. The summed E-state index contributed by atoms with van der Waals surface area (Å²) in [6.07, 6.45) is 6.34. The van der Waals surface area contributed by atoms with Crippen LogP contribution in [0.4, 0.5) is 0 Å². The largest absolute Gasteiger partial charge is 0.365 e. The third kappa shape index (κ3) is 3.50. The van der Waals surface area contributed by atoms with E-state index in [9.17, 15) is 19.6 Å². The van der Waals surface area contributed by atoms with Crippen molar-refractivity contribution in [1.82, 2.24) is 20.2 Å². The Morgan fingerprint density at radius 2 is 1.93 bits per heavy atom. The number of rotatable bonds is 4. The predicted molar refractivity (Wildman–Crippen MR) is 109 cm³/mol. The fourth-order valence-electron chi connectivity index (χ4n) is 4.07. The highest BCUT2D eigenvalue weighted by Crippen LogP contribution is 2.27. The van der Waals surface area contributed by atoms with Crippen molar-refractivity contribution in [3.63, 3.8) is 0 Å². The molecule has 2 amide bonds. The number of allylic oxidation sites excluding steroid dienone is 2. The molecule has 0 aromatic heterocycles. The molecule has 0 spiro atoms. The second-order valence-corrected chi connectivity index (χ2v) is 7.48. The van der Waals surface area contributed by atoms with E-state index in [1.54, 1.807) is 34.1 Å². The average Bonchev–Trinajstić information content (AvgIpc) is 3.23. The van der Waals surface area contributed by atoms with Gasteiger partial charge in [-0.2, -0.15) is 0 Å². The zero-order valence-corrected chi connectivity index (χ0v) is 16.7. The number of fused-ring (bicyclic) bond motifs is 1. The molecule has 0 radical (unpaired) electrons. The van der Waals surface area contributed by atoms with Crippen molar-refractivity contribution in [1.29, 1.82) is 0 Å². The van der Waals surface area contributed by atoms with Crippen LogP contribution in [0.25, 0.3) is 0 Å². The Morgan fingerprint density at radius 1 is 1.17 bits per heavy atom. The molecule has 3 aliphatic rings. The fraction of sp³-hybridized carbons (Fsp3) is 0.318. The maximum absolute atomic E-state index is 13.0. The van der Waals surface area contributed by atoms with Gasteiger partial charge in [-0.1, -0.05) is 31.2 Å². The Balaban J connectivity index is 1.46. The molecule has 1 aromatic carbocycles. The smallest absolute Gasteiger partial charge is 0.295 e. The summed E-state index contributed by atoms with van der Waals surface area (Å²) < 4.78 is 0. The molecular formula is C22H24N4O4. The first-order chi connectivity index (χ1) is 14.5. The van der Waals surface area contributed by atoms with Crippen molar-refractivity contribution in [2.75, 3.05) is 19.6 Å². The van der Waals surface area contributed by atoms with Crippen molar-refractivity contribution in [2.24, 2.45) is 0 Å². The minimum Gasteiger partial charge on any atom is -0.365 e. The highest BCUT2D eigenvalue weighted by molar-refractivity contribution is 6.44. The standard InChI is InChI=1S/C22H24N4O4/c1-2-16-14-24(21(28)15-7-4-3-5-8-15)11-12-25(16)22(29)19(27)18-13-23-20-17(18)9-6-10-26(20)30/h3-10,13,16,20,23,30H,2,11-12,14H2,1H3. The number of carbonyl (C=O) groups is 3. The molecule has 0 aliphatic carbocycles. The normalized spacial score (nSPS) is 22.8. The van der Waals surface area contributed by atoms with Gasteiger partial charge in [0.05, 0.1) is 5.57 Å². The molecule has 2 atom stereocenters. The van der Waals surface area contributed by atoms with E-state index in [-0.39, 0.29) is 17.5 Å². The number of hydroxylamine groups is 2. The zero-order chi connectivity index (χ0) is 21.3. The lowest BCUT2D eigenvalue weighted by Gasteiger charge is -2.41. The van der Waals surface area contributed by atoms with Gasteiger partial charge in [-0.05, 0) is 24.6 Å². The summed E-state index contributed by atoms with van der Waals surface area (Å²) in [5, 5.41) is 13.8. The summed E-state index contributed by atoms with van der Waals surface area (Å²) in [5.74, 6) is -1.26. The lowest BCUT2D eigenvalue weighted by molar-refractivity contribution is -0.146. The van der Waals surface area contributed by atoms with Gasteiger partial charge in [0, 0.05) is 49.2 Å². The number of nitrogens with one attached hydrogen (secondary N) is 1. The van der Waals surface area contributed by atoms with Crippen molar-refractivity contribution in [2.45, 2.75) is 25.6 Å². The van der Waals surface area contributed by atoms with Crippen LogP contribution in [0.1, 0.15) is 23.7 Å². The van der Waals surface area contributed by atoms with E-state index >= 15 is 0 Å². The maximum Gasteiger partial charge on any atom is 0.295 e. The first kappa shape index (κ1) is 19.9. The molecular weight excluding hydrogens is 384 g/mol. The van der Waals surface area contributed by atoms with Gasteiger partial charge in [-0.3, -0.25) is 19.6 Å². The Morgan fingerprint density at radius 3 is 2.67 bits per heavy atom. The third-order valence-electron chi connectivity index (χ3n) is 5.73. The minimum absolute atomic E-state index is 0.0693. The van der Waals surface area contributed by atoms with Crippen LogP contribution in [0.3, 0.4) is 0 Å². The number of amides is 2. The Kier molecular flexibility index (Phi) is 5.41. The summed E-state index contributed by atoms with van der Waals surface area (Å²) in [4.78, 5) is 42.1. The number of piperazine rings is 1. The van der Waals surface area contributed by atoms with Gasteiger partial charge in [0.2, 0.25) is 0 Å². The number of carbonyl (C=O) groups excluding carboxylic acids is 3. The molecule has 3 aliphatic heterocycles. The molecule has 1 saturated heterocycles. The summed E-state index contributed by atoms with van der Waals surface area (Å²) in [6, 6.07) is 8.82. The Hall–Kier alpha value is -3.39. The lowest BCUT2D eigenvalue weighted by atomic mass is 9.99. The van der Waals surface area contributed by atoms with E-state index in [1.807, 2.05) is 25.1 Å². The van der Waals surface area contributed by atoms with Gasteiger partial charge in [0.15, 0.2) is 0 Å². The van der Waals surface area contributed by atoms with Gasteiger partial charge in [0.1, 0.15) is 6.17 Å². The van der Waals surface area contributed by atoms with Crippen molar-refractivity contribution in [3.8, 4) is 0 Å². The molecule has 30 heavy (non-hydrogen) atoms. The summed E-state index contributed by atoms with van der Waals surface area (Å²) >= 11 is 0. The number of Topliss-reactive ketones (excluding diaryl/α,β-unsaturated/α-hetero) is 1. The molecule has 0 saturated carbocycles. The van der Waals surface area contributed by atoms with Crippen LogP contribution in [0.5, 0.6) is 0 Å². The molecule has 1 fully saturated rings. The molecule has 4 rings (SSSR count). The van der Waals surface area contributed by atoms with Crippen LogP contribution in [0, 0.1) is 0 Å². The number of nitrogens with zero attached hydrogens (tertiary/aromatic N) is 3. The van der Waals surface area contributed by atoms with E-state index in [4.69, 9.17) is 0 Å². The van der Waals surface area contributed by atoms with Gasteiger partial charge in [-0.15, -0.1) is 0 Å². The Labute approximate surface area is 174 Å². The average molecular weight is 408 g/mol. The third-order valence-corrected chi connectivity index (χ3v) is 5.73. The highest BCUT2D eigenvalue weighted by Gasteiger charge is 2.39. The maximum atomic E-state index is 13.0. The topological polar surface area (TPSA) is 93.2 Å². The molecule has 3 heterocycles. The zero-order valence-electron chi connectivity index (χ0n) is 16.7. The van der Waals surface area contributed by atoms with Crippen molar-refractivity contribution in [3.05, 3.63) is 71.6 Å². The van der Waals surface area contributed by atoms with Crippen LogP contribution in [0.2, 0.25) is 0 Å². The van der Waals surface area contributed by atoms with Crippen LogP contribution in [-0.4, -0.2) is 69.5 Å². The summed E-state index contributed by atoms with van der Waals surface area (Å²) in [7, 11) is 0. The summed E-state index contributed by atoms with van der Waals surface area (Å²) in [6.45, 7) is 3.01. The van der Waals surface area contributed by atoms with E-state index in [1.165, 1.54) is 12.4 Å². The second kappa shape index (κ2) is 8.16. The number of benzene rings is 1. The molecule has 1 aromatic rings. The quantitative estimate of drug-likeness (QED) is 0.729. The van der Waals surface area contributed by atoms with E-state index in [0.717, 1.165) is 5.06 Å². The van der Waals surface area contributed by atoms with E-state index < -0.39 is 17.9 Å². The molecule has 2 N–H and O–H groups in total. The number of hydrogen-bond donors (Lipinski definition) is 2. The molecule has 8 heteroatoms. The molecule has 8 nitrogen and oxygen atoms in total. The van der Waals surface area contributed by atoms with E-state index in [2.05, 4.69) is 5.32 Å². The lowest BCUT2D eigenvalue weighted by Crippen LogP contribution is -2.57. The monoisotopic (exact) mass is 408 g/mol. The van der Waals surface area contributed by atoms with Gasteiger partial charge < -0.3 is 15.1 Å². The predicted octanol–water partition coefficient (Wildman–Crippen LogP) is 1.28. The van der Waals surface area contributed by atoms with Gasteiger partial charge in [0.25, 0.3) is 17.6 Å². The first-order valence-electron chi connectivity index (χ1n) is 10.0. The van der Waals surface area contributed by atoms with Crippen LogP contribution >= 0.6 is 0 Å². The van der Waals surface area contributed by atoms with E-state index in [0.29, 0.717) is 37.2 Å². The molecule has 2 unspecified atom stereocenters. The Bertz CT molecular complexity index is 953. The number of ketones is 1. The fourth-order valence-corrected chi connectivity index (χ4v) is 4.07. The van der Waals surface area contributed by atoms with Crippen molar-refractivity contribution >= 4 is 17.6 Å². The van der Waals surface area contributed by atoms with Crippen LogP contribution < -0.4 is 5.32 Å².